The van der Waals surface area contributed by atoms with Gasteiger partial charge in [0.05, 0.1) is 13.2 Å². The van der Waals surface area contributed by atoms with E-state index in [4.69, 9.17) is 22.3 Å². The standard InChI is InChI=1S/C25H44O2/c1-5-9-11-13-15-17-21-26-23-25(19-7-3,20-8-4)24-27-22-18-16-14-12-10-6-2/h3-4H,5-6,9-24H2,1-2H3. The summed E-state index contributed by atoms with van der Waals surface area (Å²) >= 11 is 0. The van der Waals surface area contributed by atoms with Gasteiger partial charge in [0.2, 0.25) is 0 Å². The molecule has 0 aromatic rings. The van der Waals surface area contributed by atoms with E-state index in [0.29, 0.717) is 26.1 Å². The maximum absolute atomic E-state index is 5.96. The van der Waals surface area contributed by atoms with E-state index in [1.165, 1.54) is 64.2 Å². The maximum atomic E-state index is 5.96. The Morgan fingerprint density at radius 1 is 0.593 bits per heavy atom. The van der Waals surface area contributed by atoms with Crippen molar-refractivity contribution in [3.05, 3.63) is 0 Å². The van der Waals surface area contributed by atoms with Crippen molar-refractivity contribution in [1.29, 1.82) is 0 Å². The van der Waals surface area contributed by atoms with E-state index in [9.17, 15) is 0 Å². The molecule has 0 atom stereocenters. The van der Waals surface area contributed by atoms with Gasteiger partial charge in [-0.15, -0.1) is 24.7 Å². The first-order valence-corrected chi connectivity index (χ1v) is 11.3. The number of terminal acetylenes is 2. The topological polar surface area (TPSA) is 18.5 Å². The molecule has 0 rings (SSSR count). The van der Waals surface area contributed by atoms with E-state index in [2.05, 4.69) is 25.7 Å². The smallest absolute Gasteiger partial charge is 0.0562 e. The van der Waals surface area contributed by atoms with Crippen molar-refractivity contribution in [1.82, 2.24) is 0 Å². The van der Waals surface area contributed by atoms with Crippen molar-refractivity contribution in [2.24, 2.45) is 5.41 Å². The van der Waals surface area contributed by atoms with E-state index >= 15 is 0 Å². The Hall–Kier alpha value is -0.960. The molecule has 0 N–H and O–H groups in total. The summed E-state index contributed by atoms with van der Waals surface area (Å²) in [6, 6.07) is 0. The molecule has 0 saturated carbocycles. The van der Waals surface area contributed by atoms with Gasteiger partial charge in [0.15, 0.2) is 0 Å². The molecule has 0 aliphatic rings. The minimum Gasteiger partial charge on any atom is -0.381 e. The second-order valence-corrected chi connectivity index (χ2v) is 7.90. The predicted molar refractivity (Wildman–Crippen MR) is 118 cm³/mol. The molecule has 2 nitrogen and oxygen atoms in total. The normalized spacial score (nSPS) is 11.3. The molecule has 0 saturated heterocycles. The largest absolute Gasteiger partial charge is 0.381 e. The molecular weight excluding hydrogens is 332 g/mol. The Morgan fingerprint density at radius 2 is 0.963 bits per heavy atom. The summed E-state index contributed by atoms with van der Waals surface area (Å²) in [6.07, 6.45) is 27.7. The fourth-order valence-electron chi connectivity index (χ4n) is 3.29. The maximum Gasteiger partial charge on any atom is 0.0562 e. The van der Waals surface area contributed by atoms with Crippen LogP contribution in [-0.4, -0.2) is 26.4 Å². The zero-order chi connectivity index (χ0) is 20.1. The molecule has 0 aliphatic heterocycles. The van der Waals surface area contributed by atoms with Gasteiger partial charge in [-0.1, -0.05) is 78.1 Å². The fraction of sp³-hybridized carbons (Fsp3) is 0.840. The van der Waals surface area contributed by atoms with E-state index in [1.54, 1.807) is 0 Å². The summed E-state index contributed by atoms with van der Waals surface area (Å²) in [5, 5.41) is 0. The molecule has 0 heterocycles. The first-order chi connectivity index (χ1) is 13.2. The average molecular weight is 377 g/mol. The van der Waals surface area contributed by atoms with Crippen LogP contribution in [-0.2, 0) is 9.47 Å². The first-order valence-electron chi connectivity index (χ1n) is 11.3. The third kappa shape index (κ3) is 15.8. The van der Waals surface area contributed by atoms with Gasteiger partial charge in [-0.05, 0) is 12.8 Å². The van der Waals surface area contributed by atoms with E-state index in [1.807, 2.05) is 0 Å². The van der Waals surface area contributed by atoms with Gasteiger partial charge in [0, 0.05) is 31.5 Å². The van der Waals surface area contributed by atoms with Gasteiger partial charge in [-0.25, -0.2) is 0 Å². The third-order valence-electron chi connectivity index (χ3n) is 5.06. The van der Waals surface area contributed by atoms with Crippen LogP contribution in [0.5, 0.6) is 0 Å². The van der Waals surface area contributed by atoms with Gasteiger partial charge in [0.1, 0.15) is 0 Å². The average Bonchev–Trinajstić information content (AvgIpc) is 2.66. The lowest BCUT2D eigenvalue weighted by Gasteiger charge is -2.30. The van der Waals surface area contributed by atoms with Gasteiger partial charge < -0.3 is 9.47 Å². The predicted octanol–water partition coefficient (Wildman–Crippen LogP) is 6.77. The van der Waals surface area contributed by atoms with E-state index < -0.39 is 0 Å². The van der Waals surface area contributed by atoms with Crippen molar-refractivity contribution in [2.45, 2.75) is 104 Å². The van der Waals surface area contributed by atoms with Crippen LogP contribution in [0.15, 0.2) is 0 Å². The zero-order valence-electron chi connectivity index (χ0n) is 18.2. The van der Waals surface area contributed by atoms with Crippen LogP contribution in [0.4, 0.5) is 0 Å². The quantitative estimate of drug-likeness (QED) is 0.172. The molecule has 0 bridgehead atoms. The Balaban J connectivity index is 4.05. The Morgan fingerprint density at radius 3 is 1.33 bits per heavy atom. The van der Waals surface area contributed by atoms with Crippen molar-refractivity contribution in [2.75, 3.05) is 26.4 Å². The fourth-order valence-corrected chi connectivity index (χ4v) is 3.29. The van der Waals surface area contributed by atoms with E-state index in [-0.39, 0.29) is 5.41 Å². The van der Waals surface area contributed by atoms with Crippen LogP contribution in [0.3, 0.4) is 0 Å². The molecular formula is C25H44O2. The summed E-state index contributed by atoms with van der Waals surface area (Å²) < 4.78 is 11.9. The lowest BCUT2D eigenvalue weighted by molar-refractivity contribution is -0.0195. The van der Waals surface area contributed by atoms with Crippen molar-refractivity contribution in [3.8, 4) is 24.7 Å². The van der Waals surface area contributed by atoms with Crippen LogP contribution >= 0.6 is 0 Å². The minimum absolute atomic E-state index is 0.228. The molecule has 0 amide bonds. The highest BCUT2D eigenvalue weighted by Crippen LogP contribution is 2.27. The number of unbranched alkanes of at least 4 members (excludes halogenated alkanes) is 10. The van der Waals surface area contributed by atoms with Crippen molar-refractivity contribution < 1.29 is 9.47 Å². The van der Waals surface area contributed by atoms with Crippen molar-refractivity contribution >= 4 is 0 Å². The van der Waals surface area contributed by atoms with Crippen LogP contribution in [0.25, 0.3) is 0 Å². The number of rotatable bonds is 20. The highest BCUT2D eigenvalue weighted by Gasteiger charge is 2.29. The lowest BCUT2D eigenvalue weighted by atomic mass is 9.83. The van der Waals surface area contributed by atoms with Gasteiger partial charge in [-0.3, -0.25) is 0 Å². The van der Waals surface area contributed by atoms with Crippen molar-refractivity contribution in [3.63, 3.8) is 0 Å². The summed E-state index contributed by atoms with van der Waals surface area (Å²) in [6.45, 7) is 7.28. The van der Waals surface area contributed by atoms with Crippen LogP contribution in [0, 0.1) is 30.1 Å². The lowest BCUT2D eigenvalue weighted by Crippen LogP contribution is -2.32. The highest BCUT2D eigenvalue weighted by molar-refractivity contribution is 5.01. The van der Waals surface area contributed by atoms with Crippen LogP contribution in [0.2, 0.25) is 0 Å². The van der Waals surface area contributed by atoms with Gasteiger partial charge in [0.25, 0.3) is 0 Å². The molecule has 0 aromatic carbocycles. The summed E-state index contributed by atoms with van der Waals surface area (Å²) in [5.74, 6) is 5.58. The molecule has 0 unspecified atom stereocenters. The minimum atomic E-state index is -0.228. The third-order valence-corrected chi connectivity index (χ3v) is 5.06. The number of hydrogen-bond donors (Lipinski definition) is 0. The Labute approximate surface area is 170 Å². The molecule has 0 spiro atoms. The molecule has 0 aromatic heterocycles. The van der Waals surface area contributed by atoms with Crippen LogP contribution < -0.4 is 0 Å². The molecule has 0 fully saturated rings. The molecule has 27 heavy (non-hydrogen) atoms. The van der Waals surface area contributed by atoms with Gasteiger partial charge >= 0.3 is 0 Å². The zero-order valence-corrected chi connectivity index (χ0v) is 18.2. The molecule has 2 heteroatoms. The second kappa shape index (κ2) is 19.8. The number of hydrogen-bond acceptors (Lipinski definition) is 2. The van der Waals surface area contributed by atoms with Gasteiger partial charge in [-0.2, -0.15) is 0 Å². The first kappa shape index (κ1) is 26.0. The molecule has 0 aliphatic carbocycles. The molecule has 156 valence electrons. The monoisotopic (exact) mass is 376 g/mol. The second-order valence-electron chi connectivity index (χ2n) is 7.90. The summed E-state index contributed by atoms with van der Waals surface area (Å²) in [4.78, 5) is 0. The van der Waals surface area contributed by atoms with Crippen LogP contribution in [0.1, 0.15) is 104 Å². The molecule has 0 radical (unpaired) electrons. The van der Waals surface area contributed by atoms with E-state index in [0.717, 1.165) is 26.1 Å². The Kier molecular flexibility index (Phi) is 19.1. The summed E-state index contributed by atoms with van der Waals surface area (Å²) in [5.41, 5.74) is -0.228. The summed E-state index contributed by atoms with van der Waals surface area (Å²) in [7, 11) is 0. The number of ether oxygens (including phenoxy) is 2. The SMILES string of the molecule is C#CCC(CC#C)(COCCCCCCCC)COCCCCCCCC. The highest BCUT2D eigenvalue weighted by atomic mass is 16.5. The Bertz CT molecular complexity index is 350.